The molecule has 0 unspecified atom stereocenters. The van der Waals surface area contributed by atoms with Crippen LogP contribution in [0.5, 0.6) is 0 Å². The maximum absolute atomic E-state index is 13.0. The molecule has 1 aromatic carbocycles. The number of hydrogen-bond donors (Lipinski definition) is 0. The Hall–Kier alpha value is -3.09. The minimum absolute atomic E-state index is 0.168. The van der Waals surface area contributed by atoms with Crippen molar-refractivity contribution in [3.8, 4) is 0 Å². The van der Waals surface area contributed by atoms with Gasteiger partial charge in [-0.1, -0.05) is 36.4 Å². The highest BCUT2D eigenvalue weighted by Crippen LogP contribution is 2.37. The first-order valence-electron chi connectivity index (χ1n) is 11.1. The molecule has 2 aromatic rings. The van der Waals surface area contributed by atoms with Gasteiger partial charge in [0.15, 0.2) is 0 Å². The van der Waals surface area contributed by atoms with Gasteiger partial charge in [-0.05, 0) is 59.1 Å². The number of carbonyl (C=O) groups is 2. The van der Waals surface area contributed by atoms with Crippen molar-refractivity contribution in [1.29, 1.82) is 0 Å². The van der Waals surface area contributed by atoms with Gasteiger partial charge in [0.05, 0.1) is 6.04 Å². The number of rotatable bonds is 5. The van der Waals surface area contributed by atoms with Gasteiger partial charge in [0, 0.05) is 24.3 Å². The second kappa shape index (κ2) is 10.0. The zero-order valence-electron chi connectivity index (χ0n) is 19.6. The predicted octanol–water partition coefficient (Wildman–Crippen LogP) is 5.71. The molecule has 1 fully saturated rings. The Kier molecular flexibility index (Phi) is 7.38. The van der Waals surface area contributed by atoms with Gasteiger partial charge in [-0.25, -0.2) is 14.6 Å². The van der Waals surface area contributed by atoms with Crippen LogP contribution in [0.25, 0.3) is 0 Å². The van der Waals surface area contributed by atoms with Crippen molar-refractivity contribution in [2.75, 3.05) is 11.4 Å². The number of carbonyl (C=O) groups excluding carboxylic acids is 2. The summed E-state index contributed by atoms with van der Waals surface area (Å²) < 4.78 is 11.2. The molecule has 2 amide bonds. The lowest BCUT2D eigenvalue weighted by atomic mass is 10.0. The van der Waals surface area contributed by atoms with Crippen molar-refractivity contribution in [3.05, 3.63) is 59.8 Å². The van der Waals surface area contributed by atoms with E-state index in [9.17, 15) is 9.59 Å². The molecule has 0 spiro atoms. The molecule has 3 rings (SSSR count). The Balaban J connectivity index is 1.83. The van der Waals surface area contributed by atoms with Crippen molar-refractivity contribution in [1.82, 2.24) is 9.88 Å². The molecule has 7 heteroatoms. The van der Waals surface area contributed by atoms with Gasteiger partial charge in [0.2, 0.25) is 0 Å². The highest BCUT2D eigenvalue weighted by Gasteiger charge is 2.36. The minimum atomic E-state index is -0.625. The monoisotopic (exact) mass is 439 g/mol. The van der Waals surface area contributed by atoms with E-state index in [0.29, 0.717) is 12.4 Å². The highest BCUT2D eigenvalue weighted by atomic mass is 16.6. The Labute approximate surface area is 190 Å². The van der Waals surface area contributed by atoms with Crippen LogP contribution in [0.2, 0.25) is 0 Å². The first kappa shape index (κ1) is 23.6. The average molecular weight is 440 g/mol. The van der Waals surface area contributed by atoms with E-state index in [1.54, 1.807) is 16.0 Å². The van der Waals surface area contributed by atoms with Crippen LogP contribution >= 0.6 is 0 Å². The molecule has 7 nitrogen and oxygen atoms in total. The van der Waals surface area contributed by atoms with Crippen LogP contribution in [0.15, 0.2) is 48.7 Å². The van der Waals surface area contributed by atoms with Crippen LogP contribution in [0, 0.1) is 0 Å². The summed E-state index contributed by atoms with van der Waals surface area (Å²) in [6, 6.07) is 13.0. The van der Waals surface area contributed by atoms with Crippen molar-refractivity contribution >= 4 is 18.0 Å². The fraction of sp³-hybridized carbons (Fsp3) is 0.480. The van der Waals surface area contributed by atoms with Crippen LogP contribution in [0.1, 0.15) is 64.6 Å². The van der Waals surface area contributed by atoms with Crippen LogP contribution < -0.4 is 4.90 Å². The van der Waals surface area contributed by atoms with Gasteiger partial charge in [-0.2, -0.15) is 0 Å². The van der Waals surface area contributed by atoms with Crippen molar-refractivity contribution in [2.45, 2.75) is 71.8 Å². The lowest BCUT2D eigenvalue weighted by Crippen LogP contribution is -2.42. The zero-order valence-corrected chi connectivity index (χ0v) is 19.6. The molecular weight excluding hydrogens is 406 g/mol. The maximum Gasteiger partial charge on any atom is 0.416 e. The van der Waals surface area contributed by atoms with E-state index >= 15 is 0 Å². The highest BCUT2D eigenvalue weighted by molar-refractivity contribution is 5.88. The third-order valence-electron chi connectivity index (χ3n) is 5.20. The lowest BCUT2D eigenvalue weighted by Gasteiger charge is -2.32. The van der Waals surface area contributed by atoms with Gasteiger partial charge in [0.1, 0.15) is 18.0 Å². The first-order chi connectivity index (χ1) is 15.2. The van der Waals surface area contributed by atoms with E-state index in [2.05, 4.69) is 4.98 Å². The fourth-order valence-corrected chi connectivity index (χ4v) is 3.83. The van der Waals surface area contributed by atoms with E-state index in [0.717, 1.165) is 24.0 Å². The molecule has 0 N–H and O–H groups in total. The summed E-state index contributed by atoms with van der Waals surface area (Å²) in [6.45, 7) is 10.2. The number of amides is 2. The Morgan fingerprint density at radius 1 is 1.16 bits per heavy atom. The van der Waals surface area contributed by atoms with Gasteiger partial charge in [0.25, 0.3) is 0 Å². The smallest absolute Gasteiger partial charge is 0.416 e. The molecule has 1 aliphatic heterocycles. The SMILES string of the molecule is CC(C)N(C(=O)OC(C)(C)C)c1ncccc1[C@@H]1CCCN1C(=O)OCc1ccccc1. The number of likely N-dealkylation sites (tertiary alicyclic amines) is 1. The molecule has 172 valence electrons. The standard InChI is InChI=1S/C25H33N3O4/c1-18(2)28(24(30)32-25(3,4)5)22-20(13-9-15-26-22)21-14-10-16-27(21)23(29)31-17-19-11-7-6-8-12-19/h6-9,11-13,15,18,21H,10,14,16-17H2,1-5H3/t21-/m0/s1. The number of aromatic nitrogens is 1. The molecule has 32 heavy (non-hydrogen) atoms. The van der Waals surface area contributed by atoms with Gasteiger partial charge in [-0.15, -0.1) is 0 Å². The second-order valence-electron chi connectivity index (χ2n) is 9.25. The van der Waals surface area contributed by atoms with Crippen molar-refractivity contribution in [3.63, 3.8) is 0 Å². The Morgan fingerprint density at radius 2 is 1.88 bits per heavy atom. The summed E-state index contributed by atoms with van der Waals surface area (Å²) in [5.74, 6) is 0.518. The summed E-state index contributed by atoms with van der Waals surface area (Å²) in [5, 5.41) is 0. The summed E-state index contributed by atoms with van der Waals surface area (Å²) >= 11 is 0. The molecule has 0 saturated carbocycles. The topological polar surface area (TPSA) is 72.0 Å². The van der Waals surface area contributed by atoms with E-state index in [1.807, 2.05) is 77.1 Å². The molecule has 1 aliphatic rings. The quantitative estimate of drug-likeness (QED) is 0.597. The fourth-order valence-electron chi connectivity index (χ4n) is 3.83. The molecule has 1 saturated heterocycles. The first-order valence-corrected chi connectivity index (χ1v) is 11.1. The minimum Gasteiger partial charge on any atom is -0.445 e. The third-order valence-corrected chi connectivity index (χ3v) is 5.20. The summed E-state index contributed by atoms with van der Waals surface area (Å²) in [7, 11) is 0. The number of hydrogen-bond acceptors (Lipinski definition) is 5. The third kappa shape index (κ3) is 5.78. The van der Waals surface area contributed by atoms with Crippen LogP contribution in [0.3, 0.4) is 0 Å². The lowest BCUT2D eigenvalue weighted by molar-refractivity contribution is 0.0568. The molecule has 0 bridgehead atoms. The van der Waals surface area contributed by atoms with E-state index in [1.165, 1.54) is 0 Å². The average Bonchev–Trinajstić information content (AvgIpc) is 3.21. The summed E-state index contributed by atoms with van der Waals surface area (Å²) in [6.07, 6.45) is 2.47. The molecule has 0 radical (unpaired) electrons. The Morgan fingerprint density at radius 3 is 2.53 bits per heavy atom. The van der Waals surface area contributed by atoms with Crippen LogP contribution in [-0.2, 0) is 16.1 Å². The van der Waals surface area contributed by atoms with Crippen LogP contribution in [0.4, 0.5) is 15.4 Å². The maximum atomic E-state index is 13.0. The van der Waals surface area contributed by atoms with Gasteiger partial charge >= 0.3 is 12.2 Å². The van der Waals surface area contributed by atoms with Gasteiger partial charge < -0.3 is 14.4 Å². The van der Waals surface area contributed by atoms with Crippen LogP contribution in [-0.4, -0.2) is 40.3 Å². The number of ether oxygens (including phenoxy) is 2. The number of pyridine rings is 1. The van der Waals surface area contributed by atoms with Gasteiger partial charge in [-0.3, -0.25) is 4.90 Å². The second-order valence-corrected chi connectivity index (χ2v) is 9.25. The van der Waals surface area contributed by atoms with E-state index in [4.69, 9.17) is 9.47 Å². The zero-order chi connectivity index (χ0) is 23.3. The van der Waals surface area contributed by atoms with E-state index in [-0.39, 0.29) is 24.8 Å². The number of anilines is 1. The molecular formula is C25H33N3O4. The van der Waals surface area contributed by atoms with Crippen molar-refractivity contribution in [2.24, 2.45) is 0 Å². The molecule has 1 aromatic heterocycles. The number of nitrogens with zero attached hydrogens (tertiary/aromatic N) is 3. The molecule has 2 heterocycles. The van der Waals surface area contributed by atoms with Crippen molar-refractivity contribution < 1.29 is 19.1 Å². The predicted molar refractivity (Wildman–Crippen MR) is 123 cm³/mol. The normalized spacial score (nSPS) is 16.2. The molecule has 1 atom stereocenters. The Bertz CT molecular complexity index is 924. The van der Waals surface area contributed by atoms with E-state index < -0.39 is 11.7 Å². The summed E-state index contributed by atoms with van der Waals surface area (Å²) in [5.41, 5.74) is 1.13. The largest absolute Gasteiger partial charge is 0.445 e. The summed E-state index contributed by atoms with van der Waals surface area (Å²) in [4.78, 5) is 33.7. The number of benzene rings is 1. The molecule has 0 aliphatic carbocycles.